The number of carbonyl (C=O) groups excluding carboxylic acids is 1. The first-order valence-electron chi connectivity index (χ1n) is 6.96. The normalized spacial score (nSPS) is 12.7. The van der Waals surface area contributed by atoms with E-state index >= 15 is 0 Å². The van der Waals surface area contributed by atoms with Gasteiger partial charge in [0, 0.05) is 19.0 Å². The Hall–Kier alpha value is -1.35. The van der Waals surface area contributed by atoms with Crippen LogP contribution in [-0.4, -0.2) is 37.5 Å². The maximum atomic E-state index is 11.7. The van der Waals surface area contributed by atoms with Crippen LogP contribution in [0, 0.1) is 5.92 Å². The van der Waals surface area contributed by atoms with Crippen LogP contribution in [0.1, 0.15) is 25.8 Å². The Morgan fingerprint density at radius 1 is 1.21 bits per heavy atom. The van der Waals surface area contributed by atoms with Crippen LogP contribution in [0.15, 0.2) is 30.3 Å². The van der Waals surface area contributed by atoms with E-state index in [2.05, 4.69) is 62.4 Å². The molecule has 0 heterocycles. The van der Waals surface area contributed by atoms with E-state index in [-0.39, 0.29) is 5.91 Å². The monoisotopic (exact) mass is 262 g/mol. The van der Waals surface area contributed by atoms with Gasteiger partial charge in [-0.15, -0.1) is 0 Å². The van der Waals surface area contributed by atoms with Gasteiger partial charge in [-0.3, -0.25) is 4.79 Å². The summed E-state index contributed by atoms with van der Waals surface area (Å²) >= 11 is 0. The summed E-state index contributed by atoms with van der Waals surface area (Å²) in [6, 6.07) is 10.7. The summed E-state index contributed by atoms with van der Waals surface area (Å²) < 4.78 is 0. The zero-order chi connectivity index (χ0) is 14.3. The Balaban J connectivity index is 2.47. The molecule has 0 saturated heterocycles. The predicted octanol–water partition coefficient (Wildman–Crippen LogP) is 2.32. The molecule has 1 rings (SSSR count). The first-order chi connectivity index (χ1) is 8.99. The van der Waals surface area contributed by atoms with Crippen LogP contribution in [0.25, 0.3) is 0 Å². The maximum Gasteiger partial charge on any atom is 0.220 e. The number of hydrogen-bond donors (Lipinski definition) is 1. The van der Waals surface area contributed by atoms with Gasteiger partial charge in [0.25, 0.3) is 0 Å². The van der Waals surface area contributed by atoms with Crippen molar-refractivity contribution in [1.82, 2.24) is 10.2 Å². The third-order valence-electron chi connectivity index (χ3n) is 3.17. The van der Waals surface area contributed by atoms with E-state index in [1.165, 1.54) is 5.56 Å². The van der Waals surface area contributed by atoms with Crippen LogP contribution in [0.4, 0.5) is 0 Å². The lowest BCUT2D eigenvalue weighted by molar-refractivity contribution is -0.122. The van der Waals surface area contributed by atoms with Crippen molar-refractivity contribution in [1.29, 1.82) is 0 Å². The van der Waals surface area contributed by atoms with Gasteiger partial charge in [0.05, 0.1) is 0 Å². The van der Waals surface area contributed by atoms with Gasteiger partial charge in [-0.1, -0.05) is 44.2 Å². The molecule has 0 aromatic heterocycles. The number of carbonyl (C=O) groups is 1. The molecule has 0 bridgehead atoms. The van der Waals surface area contributed by atoms with Crippen molar-refractivity contribution >= 4 is 5.91 Å². The summed E-state index contributed by atoms with van der Waals surface area (Å²) in [4.78, 5) is 13.9. The lowest BCUT2D eigenvalue weighted by atomic mass is 10.0. The molecule has 3 heteroatoms. The van der Waals surface area contributed by atoms with E-state index in [1.54, 1.807) is 0 Å². The quantitative estimate of drug-likeness (QED) is 0.818. The van der Waals surface area contributed by atoms with Crippen molar-refractivity contribution < 1.29 is 4.79 Å². The second-order valence-electron chi connectivity index (χ2n) is 5.71. The second-order valence-corrected chi connectivity index (χ2v) is 5.71. The van der Waals surface area contributed by atoms with E-state index in [0.29, 0.717) is 24.9 Å². The van der Waals surface area contributed by atoms with Gasteiger partial charge < -0.3 is 10.2 Å². The Labute approximate surface area is 117 Å². The maximum absolute atomic E-state index is 11.7. The highest BCUT2D eigenvalue weighted by Crippen LogP contribution is 2.06. The number of hydrogen-bond acceptors (Lipinski definition) is 2. The van der Waals surface area contributed by atoms with Crippen LogP contribution in [0.5, 0.6) is 0 Å². The van der Waals surface area contributed by atoms with Gasteiger partial charge in [-0.25, -0.2) is 0 Å². The molecule has 0 fully saturated rings. The molecule has 3 nitrogen and oxygen atoms in total. The number of nitrogens with one attached hydrogen (secondary N) is 1. The van der Waals surface area contributed by atoms with Crippen LogP contribution in [-0.2, 0) is 11.2 Å². The smallest absolute Gasteiger partial charge is 0.220 e. The van der Waals surface area contributed by atoms with Crippen molar-refractivity contribution in [3.63, 3.8) is 0 Å². The highest BCUT2D eigenvalue weighted by molar-refractivity contribution is 5.76. The van der Waals surface area contributed by atoms with Crippen molar-refractivity contribution in [3.8, 4) is 0 Å². The molecule has 106 valence electrons. The molecule has 0 aliphatic carbocycles. The largest absolute Gasteiger partial charge is 0.355 e. The number of amides is 1. The first kappa shape index (κ1) is 15.7. The highest BCUT2D eigenvalue weighted by Gasteiger charge is 2.14. The molecule has 0 unspecified atom stereocenters. The van der Waals surface area contributed by atoms with Gasteiger partial charge >= 0.3 is 0 Å². The standard InChI is InChI=1S/C16H26N2O/c1-13(2)10-16(19)17-12-15(18(3)4)11-14-8-6-5-7-9-14/h5-9,13,15H,10-12H2,1-4H3,(H,17,19)/t15-/m0/s1. The lowest BCUT2D eigenvalue weighted by Crippen LogP contribution is -2.41. The summed E-state index contributed by atoms with van der Waals surface area (Å²) in [5.41, 5.74) is 1.30. The van der Waals surface area contributed by atoms with E-state index in [0.717, 1.165) is 6.42 Å². The zero-order valence-electron chi connectivity index (χ0n) is 12.5. The van der Waals surface area contributed by atoms with E-state index in [9.17, 15) is 4.79 Å². The number of rotatable bonds is 7. The van der Waals surface area contributed by atoms with Crippen molar-refractivity contribution in [2.45, 2.75) is 32.7 Å². The molecule has 1 N–H and O–H groups in total. The summed E-state index contributed by atoms with van der Waals surface area (Å²) in [7, 11) is 4.12. The third-order valence-corrected chi connectivity index (χ3v) is 3.17. The van der Waals surface area contributed by atoms with Gasteiger partial charge in [0.2, 0.25) is 5.91 Å². The fourth-order valence-corrected chi connectivity index (χ4v) is 2.00. The minimum absolute atomic E-state index is 0.148. The summed E-state index contributed by atoms with van der Waals surface area (Å²) in [6.45, 7) is 4.83. The zero-order valence-corrected chi connectivity index (χ0v) is 12.5. The molecule has 0 spiro atoms. The number of nitrogens with zero attached hydrogens (tertiary/aromatic N) is 1. The molecule has 0 radical (unpaired) electrons. The molecule has 1 amide bonds. The first-order valence-corrected chi connectivity index (χ1v) is 6.96. The Morgan fingerprint density at radius 2 is 1.84 bits per heavy atom. The van der Waals surface area contributed by atoms with Crippen LogP contribution in [0.3, 0.4) is 0 Å². The fraction of sp³-hybridized carbons (Fsp3) is 0.562. The number of likely N-dealkylation sites (N-methyl/N-ethyl adjacent to an activating group) is 1. The molecule has 1 aromatic rings. The Morgan fingerprint density at radius 3 is 2.37 bits per heavy atom. The van der Waals surface area contributed by atoms with Gasteiger partial charge in [0.15, 0.2) is 0 Å². The fourth-order valence-electron chi connectivity index (χ4n) is 2.00. The minimum Gasteiger partial charge on any atom is -0.355 e. The van der Waals surface area contributed by atoms with E-state index in [1.807, 2.05) is 6.07 Å². The molecule has 0 saturated carbocycles. The number of benzene rings is 1. The van der Waals surface area contributed by atoms with Crippen molar-refractivity contribution in [2.24, 2.45) is 5.92 Å². The minimum atomic E-state index is 0.148. The van der Waals surface area contributed by atoms with Gasteiger partial charge in [0.1, 0.15) is 0 Å². The van der Waals surface area contributed by atoms with E-state index < -0.39 is 0 Å². The SMILES string of the molecule is CC(C)CC(=O)NC[C@H](Cc1ccccc1)N(C)C. The Bertz CT molecular complexity index is 374. The second kappa shape index (κ2) is 7.95. The van der Waals surface area contributed by atoms with Crippen molar-refractivity contribution in [2.75, 3.05) is 20.6 Å². The average molecular weight is 262 g/mol. The Kier molecular flexibility index (Phi) is 6.57. The summed E-state index contributed by atoms with van der Waals surface area (Å²) in [6.07, 6.45) is 1.56. The predicted molar refractivity (Wildman–Crippen MR) is 80.1 cm³/mol. The van der Waals surface area contributed by atoms with Crippen LogP contribution < -0.4 is 5.32 Å². The summed E-state index contributed by atoms with van der Waals surface area (Å²) in [5.74, 6) is 0.557. The van der Waals surface area contributed by atoms with Gasteiger partial charge in [-0.2, -0.15) is 0 Å². The molecule has 1 atom stereocenters. The average Bonchev–Trinajstić information content (AvgIpc) is 2.34. The highest BCUT2D eigenvalue weighted by atomic mass is 16.1. The topological polar surface area (TPSA) is 32.3 Å². The lowest BCUT2D eigenvalue weighted by Gasteiger charge is -2.25. The molecular formula is C16H26N2O. The molecular weight excluding hydrogens is 236 g/mol. The van der Waals surface area contributed by atoms with Crippen LogP contribution in [0.2, 0.25) is 0 Å². The third kappa shape index (κ3) is 6.39. The van der Waals surface area contributed by atoms with Gasteiger partial charge in [-0.05, 0) is 32.0 Å². The molecule has 19 heavy (non-hydrogen) atoms. The molecule has 1 aromatic carbocycles. The summed E-state index contributed by atoms with van der Waals surface area (Å²) in [5, 5.41) is 3.04. The van der Waals surface area contributed by atoms with E-state index in [4.69, 9.17) is 0 Å². The van der Waals surface area contributed by atoms with Crippen LogP contribution >= 0.6 is 0 Å². The molecule has 0 aliphatic heterocycles. The molecule has 0 aliphatic rings. The van der Waals surface area contributed by atoms with Crippen molar-refractivity contribution in [3.05, 3.63) is 35.9 Å².